The van der Waals surface area contributed by atoms with E-state index in [1.807, 2.05) is 6.92 Å². The lowest BCUT2D eigenvalue weighted by Crippen LogP contribution is -2.26. The molecule has 0 saturated carbocycles. The molecule has 1 aromatic carbocycles. The summed E-state index contributed by atoms with van der Waals surface area (Å²) >= 11 is 1.52. The number of aromatic nitrogens is 1. The minimum atomic E-state index is -3.51. The van der Waals surface area contributed by atoms with Crippen LogP contribution in [0.15, 0.2) is 28.7 Å². The molecule has 21 heavy (non-hydrogen) atoms. The van der Waals surface area contributed by atoms with Gasteiger partial charge in [-0.25, -0.2) is 13.1 Å². The Hall–Kier alpha value is -1.44. The molecule has 0 amide bonds. The van der Waals surface area contributed by atoms with E-state index >= 15 is 0 Å². The summed E-state index contributed by atoms with van der Waals surface area (Å²) in [6, 6.07) is 3.39. The molecule has 0 unspecified atom stereocenters. The fraction of sp³-hybridized carbons (Fsp3) is 0.357. The Bertz CT molecular complexity index is 710. The van der Waals surface area contributed by atoms with E-state index in [0.29, 0.717) is 29.2 Å². The van der Waals surface area contributed by atoms with E-state index in [2.05, 4.69) is 9.71 Å². The first-order valence-electron chi connectivity index (χ1n) is 6.46. The summed E-state index contributed by atoms with van der Waals surface area (Å²) in [5.74, 6) is 0.691. The molecule has 1 heterocycles. The first-order valence-corrected chi connectivity index (χ1v) is 8.82. The van der Waals surface area contributed by atoms with Gasteiger partial charge in [-0.3, -0.25) is 4.98 Å². The van der Waals surface area contributed by atoms with Gasteiger partial charge in [0.2, 0.25) is 10.0 Å². The number of aryl methyl sites for hydroxylation is 2. The molecule has 0 aliphatic heterocycles. The van der Waals surface area contributed by atoms with E-state index in [1.165, 1.54) is 11.3 Å². The molecular formula is C14H18N2O3S2. The van der Waals surface area contributed by atoms with E-state index in [1.54, 1.807) is 37.9 Å². The zero-order valence-electron chi connectivity index (χ0n) is 12.2. The zero-order valence-corrected chi connectivity index (χ0v) is 13.8. The summed E-state index contributed by atoms with van der Waals surface area (Å²) < 4.78 is 32.6. The number of benzene rings is 1. The van der Waals surface area contributed by atoms with Crippen molar-refractivity contribution in [2.45, 2.75) is 25.2 Å². The van der Waals surface area contributed by atoms with Crippen LogP contribution in [0.3, 0.4) is 0 Å². The largest absolute Gasteiger partial charge is 0.496 e. The molecule has 2 rings (SSSR count). The van der Waals surface area contributed by atoms with Crippen LogP contribution in [-0.4, -0.2) is 27.1 Å². The number of sulfonamides is 1. The molecule has 7 heteroatoms. The van der Waals surface area contributed by atoms with Crippen molar-refractivity contribution in [1.29, 1.82) is 0 Å². The summed E-state index contributed by atoms with van der Waals surface area (Å²) in [6.07, 6.45) is 2.39. The van der Waals surface area contributed by atoms with Crippen LogP contribution in [0.25, 0.3) is 0 Å². The topological polar surface area (TPSA) is 68.3 Å². The maximum absolute atomic E-state index is 12.4. The van der Waals surface area contributed by atoms with E-state index in [4.69, 9.17) is 4.74 Å². The molecule has 0 aliphatic carbocycles. The van der Waals surface area contributed by atoms with Gasteiger partial charge >= 0.3 is 0 Å². The monoisotopic (exact) mass is 326 g/mol. The number of ether oxygens (including phenoxy) is 1. The lowest BCUT2D eigenvalue weighted by Gasteiger charge is -2.12. The molecule has 1 aromatic heterocycles. The summed E-state index contributed by atoms with van der Waals surface area (Å²) in [5, 5.41) is 0. The number of nitrogens with zero attached hydrogens (tertiary/aromatic N) is 1. The third kappa shape index (κ3) is 3.81. The Balaban J connectivity index is 2.14. The van der Waals surface area contributed by atoms with E-state index < -0.39 is 10.0 Å². The molecule has 0 saturated heterocycles. The van der Waals surface area contributed by atoms with Gasteiger partial charge in [0.25, 0.3) is 0 Å². The minimum Gasteiger partial charge on any atom is -0.496 e. The summed E-state index contributed by atoms with van der Waals surface area (Å²) in [5.41, 5.74) is 3.20. The highest BCUT2D eigenvalue weighted by Crippen LogP contribution is 2.25. The van der Waals surface area contributed by atoms with E-state index in [-0.39, 0.29) is 0 Å². The zero-order chi connectivity index (χ0) is 15.5. The first-order chi connectivity index (χ1) is 9.94. The Labute approximate surface area is 129 Å². The van der Waals surface area contributed by atoms with Crippen molar-refractivity contribution in [3.63, 3.8) is 0 Å². The summed E-state index contributed by atoms with van der Waals surface area (Å²) in [7, 11) is -1.94. The molecule has 1 N–H and O–H groups in total. The molecule has 114 valence electrons. The number of rotatable bonds is 6. The average Bonchev–Trinajstić information content (AvgIpc) is 2.93. The smallest absolute Gasteiger partial charge is 0.240 e. The van der Waals surface area contributed by atoms with Crippen LogP contribution >= 0.6 is 11.3 Å². The summed E-state index contributed by atoms with van der Waals surface area (Å²) in [4.78, 5) is 5.32. The van der Waals surface area contributed by atoms with Crippen LogP contribution < -0.4 is 9.46 Å². The highest BCUT2D eigenvalue weighted by Gasteiger charge is 2.18. The highest BCUT2D eigenvalue weighted by molar-refractivity contribution is 7.89. The van der Waals surface area contributed by atoms with Crippen molar-refractivity contribution in [2.24, 2.45) is 0 Å². The van der Waals surface area contributed by atoms with Crippen molar-refractivity contribution in [2.75, 3.05) is 13.7 Å². The third-order valence-electron chi connectivity index (χ3n) is 3.13. The van der Waals surface area contributed by atoms with Gasteiger partial charge in [0.05, 0.1) is 17.5 Å². The third-order valence-corrected chi connectivity index (χ3v) is 5.57. The number of thiazole rings is 1. The van der Waals surface area contributed by atoms with Gasteiger partial charge in [-0.2, -0.15) is 0 Å². The molecule has 0 radical (unpaired) electrons. The van der Waals surface area contributed by atoms with E-state index in [9.17, 15) is 8.42 Å². The van der Waals surface area contributed by atoms with Crippen LogP contribution in [0, 0.1) is 13.8 Å². The molecule has 0 fully saturated rings. The highest BCUT2D eigenvalue weighted by atomic mass is 32.2. The van der Waals surface area contributed by atoms with Gasteiger partial charge in [-0.05, 0) is 43.5 Å². The number of hydrogen-bond donors (Lipinski definition) is 1. The van der Waals surface area contributed by atoms with Crippen LogP contribution in [0.1, 0.15) is 16.0 Å². The van der Waals surface area contributed by atoms with Crippen LogP contribution in [0.5, 0.6) is 5.75 Å². The molecule has 0 spiro atoms. The van der Waals surface area contributed by atoms with Crippen molar-refractivity contribution in [3.8, 4) is 5.75 Å². The lowest BCUT2D eigenvalue weighted by molar-refractivity contribution is 0.411. The Morgan fingerprint density at radius 3 is 2.67 bits per heavy atom. The normalized spacial score (nSPS) is 11.6. The first kappa shape index (κ1) is 15.9. The maximum atomic E-state index is 12.4. The lowest BCUT2D eigenvalue weighted by atomic mass is 10.1. The van der Waals surface area contributed by atoms with Crippen molar-refractivity contribution in [3.05, 3.63) is 39.8 Å². The van der Waals surface area contributed by atoms with Crippen molar-refractivity contribution >= 4 is 21.4 Å². The molecular weight excluding hydrogens is 308 g/mol. The van der Waals surface area contributed by atoms with Gasteiger partial charge in [-0.15, -0.1) is 11.3 Å². The molecule has 0 aliphatic rings. The average molecular weight is 326 g/mol. The quantitative estimate of drug-likeness (QED) is 0.884. The number of methoxy groups -OCH3 is 1. The number of nitrogens with one attached hydrogen (secondary N) is 1. The second-order valence-corrected chi connectivity index (χ2v) is 7.41. The maximum Gasteiger partial charge on any atom is 0.240 e. The Kier molecular flexibility index (Phi) is 4.97. The van der Waals surface area contributed by atoms with Gasteiger partial charge in [0.15, 0.2) is 0 Å². The van der Waals surface area contributed by atoms with Gasteiger partial charge in [-0.1, -0.05) is 0 Å². The molecule has 5 nitrogen and oxygen atoms in total. The molecule has 0 atom stereocenters. The second-order valence-electron chi connectivity index (χ2n) is 4.70. The van der Waals surface area contributed by atoms with Crippen LogP contribution in [0.4, 0.5) is 0 Å². The fourth-order valence-corrected chi connectivity index (χ4v) is 3.96. The van der Waals surface area contributed by atoms with Crippen molar-refractivity contribution in [1.82, 2.24) is 9.71 Å². The Morgan fingerprint density at radius 2 is 2.05 bits per heavy atom. The van der Waals surface area contributed by atoms with Crippen LogP contribution in [-0.2, 0) is 16.4 Å². The Morgan fingerprint density at radius 1 is 1.29 bits per heavy atom. The number of hydrogen-bond acceptors (Lipinski definition) is 5. The van der Waals surface area contributed by atoms with E-state index in [0.717, 1.165) is 10.4 Å². The van der Waals surface area contributed by atoms with Gasteiger partial charge in [0, 0.05) is 17.6 Å². The minimum absolute atomic E-state index is 0.296. The van der Waals surface area contributed by atoms with Gasteiger partial charge in [0.1, 0.15) is 5.75 Å². The van der Waals surface area contributed by atoms with Gasteiger partial charge < -0.3 is 4.74 Å². The molecule has 0 bridgehead atoms. The molecule has 2 aromatic rings. The van der Waals surface area contributed by atoms with Crippen molar-refractivity contribution < 1.29 is 13.2 Å². The predicted octanol–water partition coefficient (Wildman–Crippen LogP) is 2.29. The van der Waals surface area contributed by atoms with Crippen LogP contribution in [0.2, 0.25) is 0 Å². The predicted molar refractivity (Wildman–Crippen MR) is 83.5 cm³/mol. The fourth-order valence-electron chi connectivity index (χ4n) is 2.02. The second kappa shape index (κ2) is 6.55. The SMILES string of the molecule is COc1cc(C)c(S(=O)(=O)NCCc2cncs2)cc1C. The summed E-state index contributed by atoms with van der Waals surface area (Å²) in [6.45, 7) is 3.95. The standard InChI is InChI=1S/C14H18N2O3S2/c1-10-7-14(11(2)6-13(10)19-3)21(17,18)16-5-4-12-8-15-9-20-12/h6-9,16H,4-5H2,1-3H3.